The molecule has 1 aromatic carbocycles. The predicted octanol–water partition coefficient (Wildman–Crippen LogP) is 4.24. The lowest BCUT2D eigenvalue weighted by molar-refractivity contribution is 0.595. The van der Waals surface area contributed by atoms with Crippen molar-refractivity contribution >= 4 is 15.9 Å². The molecule has 2 aromatic rings. The van der Waals surface area contributed by atoms with E-state index in [1.807, 2.05) is 19.2 Å². The topological polar surface area (TPSA) is 24.9 Å². The van der Waals surface area contributed by atoms with Crippen LogP contribution in [0.5, 0.6) is 0 Å². The molecule has 3 heteroatoms. The number of aryl methyl sites for hydroxylation is 1. The molecule has 1 aromatic heterocycles. The Hall–Kier alpha value is -1.19. The van der Waals surface area contributed by atoms with Crippen molar-refractivity contribution in [2.45, 2.75) is 26.3 Å². The standard InChI is InChI=1S/C16H19BrN2/c1-3-10-18-16(13-9-8-12(2)19-11-13)14-6-4-5-7-15(14)17/h4-9,11,16,18H,3,10H2,1-2H3. The molecule has 1 atom stereocenters. The van der Waals surface area contributed by atoms with Crippen LogP contribution in [-0.2, 0) is 0 Å². The fraction of sp³-hybridized carbons (Fsp3) is 0.312. The minimum absolute atomic E-state index is 0.184. The van der Waals surface area contributed by atoms with Crippen LogP contribution < -0.4 is 5.32 Å². The molecule has 0 fully saturated rings. The first-order valence-corrected chi connectivity index (χ1v) is 7.42. The molecule has 0 aliphatic carbocycles. The van der Waals surface area contributed by atoms with Crippen molar-refractivity contribution in [1.82, 2.24) is 10.3 Å². The van der Waals surface area contributed by atoms with Gasteiger partial charge in [0, 0.05) is 16.4 Å². The van der Waals surface area contributed by atoms with Crippen LogP contribution in [0, 0.1) is 6.92 Å². The second-order valence-corrected chi connectivity index (χ2v) is 5.50. The van der Waals surface area contributed by atoms with Crippen molar-refractivity contribution in [2.24, 2.45) is 0 Å². The second-order valence-electron chi connectivity index (χ2n) is 4.64. The summed E-state index contributed by atoms with van der Waals surface area (Å²) >= 11 is 3.64. The molecule has 0 amide bonds. The molecule has 1 unspecified atom stereocenters. The average Bonchev–Trinajstić information content (AvgIpc) is 2.43. The lowest BCUT2D eigenvalue weighted by atomic mass is 10.00. The van der Waals surface area contributed by atoms with Crippen LogP contribution in [0.4, 0.5) is 0 Å². The Bertz CT molecular complexity index is 523. The van der Waals surface area contributed by atoms with Gasteiger partial charge in [0.1, 0.15) is 0 Å². The van der Waals surface area contributed by atoms with Crippen LogP contribution in [0.3, 0.4) is 0 Å². The number of benzene rings is 1. The normalized spacial score (nSPS) is 12.4. The van der Waals surface area contributed by atoms with E-state index in [1.54, 1.807) is 0 Å². The minimum atomic E-state index is 0.184. The molecule has 0 saturated carbocycles. The molecular formula is C16H19BrN2. The lowest BCUT2D eigenvalue weighted by Crippen LogP contribution is -2.23. The molecule has 0 aliphatic heterocycles. The maximum atomic E-state index is 4.41. The molecule has 0 bridgehead atoms. The summed E-state index contributed by atoms with van der Waals surface area (Å²) in [6.45, 7) is 5.17. The zero-order valence-electron chi connectivity index (χ0n) is 11.4. The third kappa shape index (κ3) is 3.64. The van der Waals surface area contributed by atoms with Crippen LogP contribution in [0.15, 0.2) is 47.1 Å². The number of nitrogens with one attached hydrogen (secondary N) is 1. The highest BCUT2D eigenvalue weighted by molar-refractivity contribution is 9.10. The molecule has 0 spiro atoms. The van der Waals surface area contributed by atoms with E-state index >= 15 is 0 Å². The fourth-order valence-electron chi connectivity index (χ4n) is 2.06. The summed E-state index contributed by atoms with van der Waals surface area (Å²) in [5, 5.41) is 3.59. The van der Waals surface area contributed by atoms with Gasteiger partial charge in [0.15, 0.2) is 0 Å². The zero-order valence-corrected chi connectivity index (χ0v) is 12.9. The quantitative estimate of drug-likeness (QED) is 0.891. The summed E-state index contributed by atoms with van der Waals surface area (Å²) < 4.78 is 1.13. The van der Waals surface area contributed by atoms with Crippen molar-refractivity contribution in [3.8, 4) is 0 Å². The third-order valence-electron chi connectivity index (χ3n) is 3.08. The SMILES string of the molecule is CCCNC(c1ccc(C)nc1)c1ccccc1Br. The van der Waals surface area contributed by atoms with Gasteiger partial charge >= 0.3 is 0 Å². The Morgan fingerprint density at radius 1 is 1.21 bits per heavy atom. The summed E-state index contributed by atoms with van der Waals surface area (Å²) in [6.07, 6.45) is 3.07. The highest BCUT2D eigenvalue weighted by Crippen LogP contribution is 2.28. The Labute approximate surface area is 123 Å². The van der Waals surface area contributed by atoms with Gasteiger partial charge in [-0.1, -0.05) is 47.1 Å². The second kappa shape index (κ2) is 6.83. The predicted molar refractivity (Wildman–Crippen MR) is 83.3 cm³/mol. The number of halogens is 1. The van der Waals surface area contributed by atoms with Crippen LogP contribution in [0.1, 0.15) is 36.2 Å². The van der Waals surface area contributed by atoms with Crippen molar-refractivity contribution in [1.29, 1.82) is 0 Å². The van der Waals surface area contributed by atoms with Gasteiger partial charge in [0.2, 0.25) is 0 Å². The maximum Gasteiger partial charge on any atom is 0.0603 e. The Balaban J connectivity index is 2.35. The van der Waals surface area contributed by atoms with Gasteiger partial charge in [-0.25, -0.2) is 0 Å². The van der Waals surface area contributed by atoms with Gasteiger partial charge < -0.3 is 5.32 Å². The van der Waals surface area contributed by atoms with Gasteiger partial charge in [0.25, 0.3) is 0 Å². The Morgan fingerprint density at radius 2 is 2.00 bits per heavy atom. The molecule has 1 N–H and O–H groups in total. The molecule has 1 heterocycles. The number of nitrogens with zero attached hydrogens (tertiary/aromatic N) is 1. The van der Waals surface area contributed by atoms with E-state index in [-0.39, 0.29) is 6.04 Å². The summed E-state index contributed by atoms with van der Waals surface area (Å²) in [5.74, 6) is 0. The molecule has 2 rings (SSSR count). The van der Waals surface area contributed by atoms with Gasteiger partial charge in [-0.2, -0.15) is 0 Å². The van der Waals surface area contributed by atoms with Gasteiger partial charge in [-0.05, 0) is 43.1 Å². The summed E-state index contributed by atoms with van der Waals surface area (Å²) in [7, 11) is 0. The molecule has 19 heavy (non-hydrogen) atoms. The van der Waals surface area contributed by atoms with E-state index in [0.717, 1.165) is 23.1 Å². The van der Waals surface area contributed by atoms with E-state index in [9.17, 15) is 0 Å². The van der Waals surface area contributed by atoms with E-state index in [0.29, 0.717) is 0 Å². The monoisotopic (exact) mass is 318 g/mol. The first kappa shape index (κ1) is 14.2. The zero-order chi connectivity index (χ0) is 13.7. The first-order valence-electron chi connectivity index (χ1n) is 6.62. The average molecular weight is 319 g/mol. The fourth-order valence-corrected chi connectivity index (χ4v) is 2.57. The smallest absolute Gasteiger partial charge is 0.0603 e. The van der Waals surface area contributed by atoms with E-state index < -0.39 is 0 Å². The number of aromatic nitrogens is 1. The number of pyridine rings is 1. The highest BCUT2D eigenvalue weighted by atomic mass is 79.9. The van der Waals surface area contributed by atoms with Crippen LogP contribution in [0.2, 0.25) is 0 Å². The highest BCUT2D eigenvalue weighted by Gasteiger charge is 2.15. The first-order chi connectivity index (χ1) is 9.22. The van der Waals surface area contributed by atoms with Crippen molar-refractivity contribution in [2.75, 3.05) is 6.54 Å². The van der Waals surface area contributed by atoms with Crippen molar-refractivity contribution in [3.05, 3.63) is 63.9 Å². The largest absolute Gasteiger partial charge is 0.306 e. The number of hydrogen-bond acceptors (Lipinski definition) is 2. The molecule has 0 saturated heterocycles. The van der Waals surface area contributed by atoms with Gasteiger partial charge in [-0.3, -0.25) is 4.98 Å². The molecular weight excluding hydrogens is 300 g/mol. The Kier molecular flexibility index (Phi) is 5.11. The molecule has 0 radical (unpaired) electrons. The summed E-state index contributed by atoms with van der Waals surface area (Å²) in [4.78, 5) is 4.41. The Morgan fingerprint density at radius 3 is 2.63 bits per heavy atom. The number of rotatable bonds is 5. The molecule has 0 aliphatic rings. The lowest BCUT2D eigenvalue weighted by Gasteiger charge is -2.20. The van der Waals surface area contributed by atoms with Crippen molar-refractivity contribution in [3.63, 3.8) is 0 Å². The molecule has 2 nitrogen and oxygen atoms in total. The van der Waals surface area contributed by atoms with E-state index in [4.69, 9.17) is 0 Å². The van der Waals surface area contributed by atoms with E-state index in [1.165, 1.54) is 11.1 Å². The maximum absolute atomic E-state index is 4.41. The van der Waals surface area contributed by atoms with Gasteiger partial charge in [-0.15, -0.1) is 0 Å². The van der Waals surface area contributed by atoms with Crippen molar-refractivity contribution < 1.29 is 0 Å². The minimum Gasteiger partial charge on any atom is -0.306 e. The number of hydrogen-bond donors (Lipinski definition) is 1. The summed E-state index contributed by atoms with van der Waals surface area (Å²) in [6, 6.07) is 12.7. The van der Waals surface area contributed by atoms with Crippen LogP contribution in [0.25, 0.3) is 0 Å². The third-order valence-corrected chi connectivity index (χ3v) is 3.80. The van der Waals surface area contributed by atoms with Gasteiger partial charge in [0.05, 0.1) is 6.04 Å². The van der Waals surface area contributed by atoms with Crippen LogP contribution >= 0.6 is 15.9 Å². The molecule has 100 valence electrons. The van der Waals surface area contributed by atoms with E-state index in [2.05, 4.69) is 63.5 Å². The summed E-state index contributed by atoms with van der Waals surface area (Å²) in [5.41, 5.74) is 3.50. The van der Waals surface area contributed by atoms with Crippen LogP contribution in [-0.4, -0.2) is 11.5 Å².